The maximum Gasteiger partial charge on any atom is 0.244 e. The number of halogens is 1. The first-order valence-corrected chi connectivity index (χ1v) is 13.6. The second-order valence-corrected chi connectivity index (χ2v) is 10.9. The number of methoxy groups -OCH3 is 1. The van der Waals surface area contributed by atoms with Gasteiger partial charge in [-0.3, -0.25) is 13.9 Å². The smallest absolute Gasteiger partial charge is 0.244 e. The van der Waals surface area contributed by atoms with Crippen LogP contribution in [0, 0.1) is 6.92 Å². The quantitative estimate of drug-likeness (QED) is 0.484. The van der Waals surface area contributed by atoms with Crippen LogP contribution in [0.15, 0.2) is 42.5 Å². The first kappa shape index (κ1) is 28.5. The Morgan fingerprint density at radius 1 is 1.14 bits per heavy atom. The molecule has 0 aromatic heterocycles. The van der Waals surface area contributed by atoms with E-state index in [0.717, 1.165) is 22.5 Å². The zero-order valence-corrected chi connectivity index (χ0v) is 22.6. The number of carbonyl (C=O) groups is 2. The minimum Gasteiger partial charge on any atom is -0.497 e. The average Bonchev–Trinajstić information content (AvgIpc) is 2.80. The summed E-state index contributed by atoms with van der Waals surface area (Å²) >= 11 is 6.04. The molecule has 2 rings (SSSR count). The lowest BCUT2D eigenvalue weighted by atomic mass is 10.1. The largest absolute Gasteiger partial charge is 0.497 e. The molecule has 0 aliphatic heterocycles. The van der Waals surface area contributed by atoms with Crippen LogP contribution in [0.1, 0.15) is 38.3 Å². The molecule has 2 aromatic carbocycles. The molecule has 2 amide bonds. The van der Waals surface area contributed by atoms with Gasteiger partial charge in [-0.2, -0.15) is 0 Å². The van der Waals surface area contributed by atoms with Gasteiger partial charge in [0.05, 0.1) is 19.1 Å². The number of carbonyl (C=O) groups excluding carboxylic acids is 2. The van der Waals surface area contributed by atoms with Crippen LogP contribution in [-0.4, -0.2) is 57.1 Å². The minimum absolute atomic E-state index is 0.0667. The second kappa shape index (κ2) is 12.3. The van der Waals surface area contributed by atoms with Crippen molar-refractivity contribution in [3.05, 3.63) is 58.6 Å². The zero-order chi connectivity index (χ0) is 26.3. The molecule has 0 saturated heterocycles. The van der Waals surface area contributed by atoms with E-state index in [-0.39, 0.29) is 18.5 Å². The Hall–Kier alpha value is -2.78. The number of benzene rings is 2. The van der Waals surface area contributed by atoms with E-state index in [1.165, 1.54) is 4.90 Å². The second-order valence-electron chi connectivity index (χ2n) is 8.57. The average molecular weight is 524 g/mol. The molecule has 192 valence electrons. The van der Waals surface area contributed by atoms with Crippen LogP contribution in [0.5, 0.6) is 5.75 Å². The van der Waals surface area contributed by atoms with Crippen LogP contribution < -0.4 is 14.4 Å². The van der Waals surface area contributed by atoms with E-state index >= 15 is 0 Å². The maximum atomic E-state index is 13.6. The van der Waals surface area contributed by atoms with Gasteiger partial charge in [0.15, 0.2) is 0 Å². The standard InChI is InChI=1S/C25H34ClN3O5S/c1-7-18(3)27-25(31)19(4)28(15-20-9-8-10-22(14-20)34-5)24(30)16-29(35(6,32)33)23-12-11-21(26)13-17(23)2/h8-14,18-19H,7,15-16H2,1-6H3,(H,27,31)/t18-,19-/m1/s1. The molecule has 1 N–H and O–H groups in total. The number of sulfonamides is 1. The predicted molar refractivity (Wildman–Crippen MR) is 139 cm³/mol. The van der Waals surface area contributed by atoms with Crippen LogP contribution in [0.25, 0.3) is 0 Å². The lowest BCUT2D eigenvalue weighted by Gasteiger charge is -2.32. The molecule has 0 radical (unpaired) electrons. The molecule has 0 aliphatic rings. The fourth-order valence-corrected chi connectivity index (χ4v) is 4.64. The molecule has 0 fully saturated rings. The Labute approximate surface area is 213 Å². The van der Waals surface area contributed by atoms with E-state index in [2.05, 4.69) is 5.32 Å². The van der Waals surface area contributed by atoms with Gasteiger partial charge in [0, 0.05) is 17.6 Å². The number of hydrogen-bond acceptors (Lipinski definition) is 5. The van der Waals surface area contributed by atoms with Crippen LogP contribution in [0.3, 0.4) is 0 Å². The molecule has 0 bridgehead atoms. The highest BCUT2D eigenvalue weighted by atomic mass is 35.5. The Morgan fingerprint density at radius 3 is 2.40 bits per heavy atom. The van der Waals surface area contributed by atoms with Crippen LogP contribution in [-0.2, 0) is 26.2 Å². The van der Waals surface area contributed by atoms with Crippen molar-refractivity contribution in [1.29, 1.82) is 0 Å². The number of rotatable bonds is 11. The van der Waals surface area contributed by atoms with E-state index in [9.17, 15) is 18.0 Å². The van der Waals surface area contributed by atoms with Crippen LogP contribution in [0.2, 0.25) is 5.02 Å². The number of ether oxygens (including phenoxy) is 1. The molecule has 0 saturated carbocycles. The molecule has 2 aromatic rings. The Morgan fingerprint density at radius 2 is 1.83 bits per heavy atom. The SMILES string of the molecule is CC[C@@H](C)NC(=O)[C@@H](C)N(Cc1cccc(OC)c1)C(=O)CN(c1ccc(Cl)cc1C)S(C)(=O)=O. The molecule has 0 aliphatic carbocycles. The van der Waals surface area contributed by atoms with Gasteiger partial charge in [-0.15, -0.1) is 0 Å². The lowest BCUT2D eigenvalue weighted by Crippen LogP contribution is -2.52. The van der Waals surface area contributed by atoms with Crippen LogP contribution >= 0.6 is 11.6 Å². The third-order valence-electron chi connectivity index (χ3n) is 5.76. The van der Waals surface area contributed by atoms with Gasteiger partial charge in [-0.25, -0.2) is 8.42 Å². The predicted octanol–water partition coefficient (Wildman–Crippen LogP) is 3.76. The van der Waals surface area contributed by atoms with Gasteiger partial charge >= 0.3 is 0 Å². The summed E-state index contributed by atoms with van der Waals surface area (Å²) in [6.45, 7) is 6.82. The summed E-state index contributed by atoms with van der Waals surface area (Å²) in [6, 6.07) is 11.0. The first-order chi connectivity index (χ1) is 16.4. The van der Waals surface area contributed by atoms with E-state index in [1.807, 2.05) is 19.9 Å². The highest BCUT2D eigenvalue weighted by molar-refractivity contribution is 7.92. The van der Waals surface area contributed by atoms with Crippen molar-refractivity contribution < 1.29 is 22.7 Å². The molecular weight excluding hydrogens is 490 g/mol. The molecule has 10 heteroatoms. The van der Waals surface area contributed by atoms with Gasteiger partial charge < -0.3 is 15.0 Å². The summed E-state index contributed by atoms with van der Waals surface area (Å²) in [5, 5.41) is 3.36. The van der Waals surface area contributed by atoms with E-state index in [4.69, 9.17) is 16.3 Å². The third kappa shape index (κ3) is 7.86. The number of nitrogens with zero attached hydrogens (tertiary/aromatic N) is 2. The molecule has 35 heavy (non-hydrogen) atoms. The Kier molecular flexibility index (Phi) is 9.97. The summed E-state index contributed by atoms with van der Waals surface area (Å²) in [5.74, 6) is -0.218. The van der Waals surface area contributed by atoms with Gasteiger partial charge in [-0.05, 0) is 68.7 Å². The van der Waals surface area contributed by atoms with Gasteiger partial charge in [-0.1, -0.05) is 30.7 Å². The number of nitrogens with one attached hydrogen (secondary N) is 1. The summed E-state index contributed by atoms with van der Waals surface area (Å²) in [7, 11) is -2.27. The van der Waals surface area contributed by atoms with Crippen molar-refractivity contribution in [3.8, 4) is 5.75 Å². The fraction of sp³-hybridized carbons (Fsp3) is 0.440. The fourth-order valence-electron chi connectivity index (χ4n) is 3.51. The number of hydrogen-bond donors (Lipinski definition) is 1. The first-order valence-electron chi connectivity index (χ1n) is 11.3. The molecule has 2 atom stereocenters. The lowest BCUT2D eigenvalue weighted by molar-refractivity contribution is -0.139. The highest BCUT2D eigenvalue weighted by Crippen LogP contribution is 2.26. The van der Waals surface area contributed by atoms with Gasteiger partial charge in [0.1, 0.15) is 18.3 Å². The zero-order valence-electron chi connectivity index (χ0n) is 21.0. The number of amides is 2. The number of anilines is 1. The van der Waals surface area contributed by atoms with Crippen molar-refractivity contribution in [2.75, 3.05) is 24.2 Å². The molecule has 0 unspecified atom stereocenters. The summed E-state index contributed by atoms with van der Waals surface area (Å²) in [4.78, 5) is 27.9. The Bertz CT molecular complexity index is 1160. The van der Waals surface area contributed by atoms with Crippen molar-refractivity contribution >= 4 is 39.1 Å². The number of aryl methyl sites for hydroxylation is 1. The van der Waals surface area contributed by atoms with Gasteiger partial charge in [0.25, 0.3) is 0 Å². The van der Waals surface area contributed by atoms with Crippen LogP contribution in [0.4, 0.5) is 5.69 Å². The van der Waals surface area contributed by atoms with Crippen molar-refractivity contribution in [2.45, 2.75) is 52.7 Å². The van der Waals surface area contributed by atoms with Crippen molar-refractivity contribution in [1.82, 2.24) is 10.2 Å². The summed E-state index contributed by atoms with van der Waals surface area (Å²) < 4.78 is 31.7. The topological polar surface area (TPSA) is 96.0 Å². The van der Waals surface area contributed by atoms with E-state index in [0.29, 0.717) is 22.0 Å². The Balaban J connectivity index is 2.43. The van der Waals surface area contributed by atoms with Crippen molar-refractivity contribution in [2.24, 2.45) is 0 Å². The molecule has 0 spiro atoms. The van der Waals surface area contributed by atoms with E-state index in [1.54, 1.807) is 57.4 Å². The minimum atomic E-state index is -3.81. The third-order valence-corrected chi connectivity index (χ3v) is 7.12. The van der Waals surface area contributed by atoms with Gasteiger partial charge in [0.2, 0.25) is 21.8 Å². The molecule has 0 heterocycles. The monoisotopic (exact) mass is 523 g/mol. The van der Waals surface area contributed by atoms with E-state index < -0.39 is 28.5 Å². The normalized spacial score (nSPS) is 13.0. The summed E-state index contributed by atoms with van der Waals surface area (Å²) in [6.07, 6.45) is 1.78. The molecule has 8 nitrogen and oxygen atoms in total. The molecular formula is C25H34ClN3O5S. The maximum absolute atomic E-state index is 13.6. The highest BCUT2D eigenvalue weighted by Gasteiger charge is 2.31. The summed E-state index contributed by atoms with van der Waals surface area (Å²) in [5.41, 5.74) is 1.70. The van der Waals surface area contributed by atoms with Crippen molar-refractivity contribution in [3.63, 3.8) is 0 Å².